The van der Waals surface area contributed by atoms with Crippen molar-refractivity contribution in [3.8, 4) is 0 Å². The van der Waals surface area contributed by atoms with Gasteiger partial charge in [-0.25, -0.2) is 9.59 Å². The van der Waals surface area contributed by atoms with Crippen LogP contribution in [0.1, 0.15) is 87.0 Å². The highest BCUT2D eigenvalue weighted by Crippen LogP contribution is 2.49. The first-order valence-corrected chi connectivity index (χ1v) is 10.8. The fourth-order valence-electron chi connectivity index (χ4n) is 4.44. The average molecular weight is 408 g/mol. The molecule has 0 bridgehead atoms. The van der Waals surface area contributed by atoms with Crippen molar-refractivity contribution in [2.24, 2.45) is 11.3 Å². The van der Waals surface area contributed by atoms with E-state index in [1.807, 2.05) is 20.8 Å². The summed E-state index contributed by atoms with van der Waals surface area (Å²) in [5.74, 6) is -0.821. The van der Waals surface area contributed by atoms with Crippen molar-refractivity contribution < 1.29 is 23.9 Å². The van der Waals surface area contributed by atoms with Crippen LogP contribution in [-0.4, -0.2) is 35.6 Å². The molecule has 1 saturated carbocycles. The van der Waals surface area contributed by atoms with Crippen LogP contribution in [0.5, 0.6) is 0 Å². The Hall–Kier alpha value is -1.85. The molecule has 1 amide bonds. The largest absolute Gasteiger partial charge is 0.452 e. The van der Waals surface area contributed by atoms with Gasteiger partial charge in [0.05, 0.1) is 0 Å². The molecule has 0 radical (unpaired) electrons. The Bertz CT molecular complexity index is 690. The van der Waals surface area contributed by atoms with Crippen LogP contribution in [-0.2, 0) is 19.1 Å². The summed E-state index contributed by atoms with van der Waals surface area (Å²) in [6.07, 6.45) is 3.93. The third kappa shape index (κ3) is 5.61. The molecule has 1 N–H and O–H groups in total. The van der Waals surface area contributed by atoms with Gasteiger partial charge in [-0.3, -0.25) is 4.79 Å². The highest BCUT2D eigenvalue weighted by atomic mass is 16.6. The van der Waals surface area contributed by atoms with Crippen LogP contribution < -0.4 is 5.32 Å². The van der Waals surface area contributed by atoms with E-state index in [4.69, 9.17) is 9.47 Å². The summed E-state index contributed by atoms with van der Waals surface area (Å²) in [6, 6.07) is -0.854. The van der Waals surface area contributed by atoms with E-state index >= 15 is 0 Å². The number of hydrogen-bond acceptors (Lipinski definition) is 5. The molecule has 2 aliphatic rings. The van der Waals surface area contributed by atoms with Crippen LogP contribution in [0.3, 0.4) is 0 Å². The number of Topliss-reactive ketones (excluding diaryl/α,β-unsaturated/α-hetero) is 1. The zero-order valence-electron chi connectivity index (χ0n) is 19.0. The molecule has 6 nitrogen and oxygen atoms in total. The first-order chi connectivity index (χ1) is 13.4. The van der Waals surface area contributed by atoms with Gasteiger partial charge in [0.1, 0.15) is 11.6 Å². The summed E-state index contributed by atoms with van der Waals surface area (Å²) < 4.78 is 11.0. The molecular formula is C23H37NO5. The molecule has 2 unspecified atom stereocenters. The van der Waals surface area contributed by atoms with Crippen LogP contribution in [0.2, 0.25) is 0 Å². The lowest BCUT2D eigenvalue weighted by Gasteiger charge is -2.43. The highest BCUT2D eigenvalue weighted by molar-refractivity contribution is 6.01. The molecule has 0 aromatic carbocycles. The Morgan fingerprint density at radius 3 is 2.52 bits per heavy atom. The Morgan fingerprint density at radius 2 is 1.93 bits per heavy atom. The molecular weight excluding hydrogens is 370 g/mol. The third-order valence-corrected chi connectivity index (χ3v) is 6.28. The number of fused-ring (bicyclic) bond motifs is 1. The van der Waals surface area contributed by atoms with Gasteiger partial charge in [-0.15, -0.1) is 0 Å². The van der Waals surface area contributed by atoms with Gasteiger partial charge in [-0.05, 0) is 63.9 Å². The molecule has 0 aliphatic heterocycles. The predicted octanol–water partition coefficient (Wildman–Crippen LogP) is 4.71. The molecule has 164 valence electrons. The number of ether oxygens (including phenoxy) is 2. The fraction of sp³-hybridized carbons (Fsp3) is 0.783. The summed E-state index contributed by atoms with van der Waals surface area (Å²) in [5, 5.41) is 2.65. The number of ketones is 1. The number of allylic oxidation sites excluding steroid dienone is 1. The minimum Gasteiger partial charge on any atom is -0.452 e. The van der Waals surface area contributed by atoms with E-state index in [9.17, 15) is 14.4 Å². The number of hydrogen-bond donors (Lipinski definition) is 1. The summed E-state index contributed by atoms with van der Waals surface area (Å²) in [4.78, 5) is 38.1. The molecule has 2 rings (SSSR count). The zero-order valence-corrected chi connectivity index (χ0v) is 19.0. The van der Waals surface area contributed by atoms with Crippen LogP contribution in [0.4, 0.5) is 4.79 Å². The Kier molecular flexibility index (Phi) is 7.18. The van der Waals surface area contributed by atoms with Crippen molar-refractivity contribution in [1.29, 1.82) is 0 Å². The van der Waals surface area contributed by atoms with E-state index in [1.165, 1.54) is 5.57 Å². The van der Waals surface area contributed by atoms with E-state index < -0.39 is 29.8 Å². The maximum Gasteiger partial charge on any atom is 0.408 e. The molecule has 4 atom stereocenters. The first-order valence-electron chi connectivity index (χ1n) is 10.8. The molecule has 0 spiro atoms. The van der Waals surface area contributed by atoms with Crippen molar-refractivity contribution >= 4 is 17.8 Å². The molecule has 6 heteroatoms. The quantitative estimate of drug-likeness (QED) is 0.668. The smallest absolute Gasteiger partial charge is 0.408 e. The SMILES string of the molecule is CCC(C)C(NC(=O)OC(C)(C)C)C(=O)O[C@H]1C[C@]2(C)CCCCC2=C(C)C1=O. The number of amides is 1. The third-order valence-electron chi connectivity index (χ3n) is 6.28. The van der Waals surface area contributed by atoms with Gasteiger partial charge in [0.15, 0.2) is 11.9 Å². The van der Waals surface area contributed by atoms with E-state index in [0.717, 1.165) is 31.3 Å². The van der Waals surface area contributed by atoms with E-state index in [0.29, 0.717) is 12.8 Å². The summed E-state index contributed by atoms with van der Waals surface area (Å²) in [7, 11) is 0. The second kappa shape index (κ2) is 8.88. The Labute approximate surface area is 174 Å². The van der Waals surface area contributed by atoms with E-state index in [-0.39, 0.29) is 17.1 Å². The zero-order chi connectivity index (χ0) is 22.0. The fourth-order valence-corrected chi connectivity index (χ4v) is 4.44. The summed E-state index contributed by atoms with van der Waals surface area (Å²) in [6.45, 7) is 13.1. The van der Waals surface area contributed by atoms with Crippen molar-refractivity contribution in [2.75, 3.05) is 0 Å². The lowest BCUT2D eigenvalue weighted by molar-refractivity contribution is -0.159. The standard InChI is InChI=1S/C23H37NO5/c1-8-14(2)18(24-21(27)29-22(4,5)6)20(26)28-17-13-23(7)12-10-9-11-16(23)15(3)19(17)25/h14,17-18H,8-13H2,1-7H3,(H,24,27)/t14?,17-,18?,23-/m0/s1. The molecule has 29 heavy (non-hydrogen) atoms. The van der Waals surface area contributed by atoms with Gasteiger partial charge in [0.2, 0.25) is 0 Å². The minimum absolute atomic E-state index is 0.0916. The monoisotopic (exact) mass is 407 g/mol. The molecule has 2 aliphatic carbocycles. The number of alkyl carbamates (subject to hydrolysis) is 1. The van der Waals surface area contributed by atoms with Crippen LogP contribution in [0.25, 0.3) is 0 Å². The normalized spacial score (nSPS) is 27.0. The maximum atomic E-state index is 13.0. The summed E-state index contributed by atoms with van der Waals surface area (Å²) in [5.41, 5.74) is 1.22. The van der Waals surface area contributed by atoms with E-state index in [1.54, 1.807) is 20.8 Å². The van der Waals surface area contributed by atoms with Crippen LogP contribution in [0.15, 0.2) is 11.1 Å². The maximum absolute atomic E-state index is 13.0. The number of carbonyl (C=O) groups is 3. The molecule has 0 aromatic heterocycles. The van der Waals surface area contributed by atoms with Crippen molar-refractivity contribution in [3.05, 3.63) is 11.1 Å². The number of rotatable bonds is 5. The average Bonchev–Trinajstić information content (AvgIpc) is 2.61. The van der Waals surface area contributed by atoms with Gasteiger partial charge in [0.25, 0.3) is 0 Å². The number of esters is 1. The number of carbonyl (C=O) groups excluding carboxylic acids is 3. The predicted molar refractivity (Wildman–Crippen MR) is 111 cm³/mol. The van der Waals surface area contributed by atoms with Crippen LogP contribution in [0, 0.1) is 11.3 Å². The van der Waals surface area contributed by atoms with Crippen molar-refractivity contribution in [3.63, 3.8) is 0 Å². The lowest BCUT2D eigenvalue weighted by Crippen LogP contribution is -2.50. The van der Waals surface area contributed by atoms with Gasteiger partial charge < -0.3 is 14.8 Å². The van der Waals surface area contributed by atoms with Gasteiger partial charge in [0, 0.05) is 6.42 Å². The number of nitrogens with one attached hydrogen (secondary N) is 1. The lowest BCUT2D eigenvalue weighted by atomic mass is 9.63. The van der Waals surface area contributed by atoms with Gasteiger partial charge in [-0.2, -0.15) is 0 Å². The molecule has 0 heterocycles. The van der Waals surface area contributed by atoms with Crippen LogP contribution >= 0.6 is 0 Å². The molecule has 1 fully saturated rings. The summed E-state index contributed by atoms with van der Waals surface area (Å²) >= 11 is 0. The van der Waals surface area contributed by atoms with Gasteiger partial charge in [-0.1, -0.05) is 39.2 Å². The van der Waals surface area contributed by atoms with Crippen molar-refractivity contribution in [2.45, 2.75) is 105 Å². The minimum atomic E-state index is -0.854. The Morgan fingerprint density at radius 1 is 1.28 bits per heavy atom. The molecule has 0 aromatic rings. The topological polar surface area (TPSA) is 81.7 Å². The first kappa shape index (κ1) is 23.4. The second-order valence-corrected chi connectivity index (χ2v) is 9.87. The van der Waals surface area contributed by atoms with Crippen molar-refractivity contribution in [1.82, 2.24) is 5.32 Å². The molecule has 0 saturated heterocycles. The highest BCUT2D eigenvalue weighted by Gasteiger charge is 2.45. The van der Waals surface area contributed by atoms with E-state index in [2.05, 4.69) is 12.2 Å². The Balaban J connectivity index is 2.15. The van der Waals surface area contributed by atoms with Gasteiger partial charge >= 0.3 is 12.1 Å². The second-order valence-electron chi connectivity index (χ2n) is 9.87.